The minimum absolute atomic E-state index is 0.0616. The second-order valence-corrected chi connectivity index (χ2v) is 11.6. The summed E-state index contributed by atoms with van der Waals surface area (Å²) >= 11 is 0. The standard InChI is InChI=1S/C31H34N8O4/c1-19-14-20(6-8-26(19)41-22-15-24-25(32-16-22)17-38(5)37-24)35-29-28-23(33-18-34-29)7-9-27(36-28)42-21-10-12-39(13-11-21)30(40)43-31(2,3)4/h6-9,14-18,21H,10-13H2,1-5H3,(H,33,34,35). The lowest BCUT2D eigenvalue weighted by atomic mass is 10.1. The van der Waals surface area contributed by atoms with Gasteiger partial charge in [-0.3, -0.25) is 4.68 Å². The molecular formula is C31H34N8O4. The Bertz CT molecular complexity index is 1790. The zero-order valence-corrected chi connectivity index (χ0v) is 24.9. The summed E-state index contributed by atoms with van der Waals surface area (Å²) in [6.45, 7) is 8.71. The molecule has 43 heavy (non-hydrogen) atoms. The normalized spacial score (nSPS) is 14.2. The van der Waals surface area contributed by atoms with Gasteiger partial charge >= 0.3 is 6.09 Å². The Kier molecular flexibility index (Phi) is 7.43. The molecular weight excluding hydrogens is 548 g/mol. The number of aromatic nitrogens is 6. The van der Waals surface area contributed by atoms with Crippen molar-refractivity contribution >= 4 is 39.7 Å². The maximum absolute atomic E-state index is 12.4. The first-order valence-electron chi connectivity index (χ1n) is 14.2. The molecule has 0 radical (unpaired) electrons. The molecule has 1 N–H and O–H groups in total. The second kappa shape index (κ2) is 11.3. The quantitative estimate of drug-likeness (QED) is 0.257. The fourth-order valence-electron chi connectivity index (χ4n) is 4.89. The molecule has 12 nitrogen and oxygen atoms in total. The van der Waals surface area contributed by atoms with Crippen LogP contribution in [-0.4, -0.2) is 65.5 Å². The molecule has 6 rings (SSSR count). The van der Waals surface area contributed by atoms with Gasteiger partial charge in [0.2, 0.25) is 5.88 Å². The van der Waals surface area contributed by atoms with Gasteiger partial charge in [0.1, 0.15) is 46.1 Å². The predicted octanol–water partition coefficient (Wildman–Crippen LogP) is 5.93. The molecule has 5 heterocycles. The third-order valence-electron chi connectivity index (χ3n) is 6.95. The van der Waals surface area contributed by atoms with Gasteiger partial charge in [0.15, 0.2) is 5.82 Å². The van der Waals surface area contributed by atoms with Crippen LogP contribution in [0.5, 0.6) is 17.4 Å². The van der Waals surface area contributed by atoms with E-state index in [1.165, 1.54) is 6.33 Å². The number of carbonyl (C=O) groups excluding carboxylic acids is 1. The molecule has 222 valence electrons. The summed E-state index contributed by atoms with van der Waals surface area (Å²) in [5, 5.41) is 7.77. The monoisotopic (exact) mass is 582 g/mol. The Morgan fingerprint density at radius 1 is 1.00 bits per heavy atom. The molecule has 0 saturated carbocycles. The molecule has 0 bridgehead atoms. The number of aryl methyl sites for hydroxylation is 2. The third kappa shape index (κ3) is 6.58. The third-order valence-corrected chi connectivity index (χ3v) is 6.95. The maximum atomic E-state index is 12.4. The summed E-state index contributed by atoms with van der Waals surface area (Å²) < 4.78 is 19.5. The van der Waals surface area contributed by atoms with Crippen molar-refractivity contribution in [1.82, 2.24) is 34.6 Å². The molecule has 1 saturated heterocycles. The molecule has 1 fully saturated rings. The van der Waals surface area contributed by atoms with Crippen LogP contribution in [0, 0.1) is 6.92 Å². The number of hydrogen-bond acceptors (Lipinski definition) is 10. The lowest BCUT2D eigenvalue weighted by Crippen LogP contribution is -2.44. The zero-order chi connectivity index (χ0) is 30.1. The van der Waals surface area contributed by atoms with E-state index in [2.05, 4.69) is 25.4 Å². The van der Waals surface area contributed by atoms with Crippen LogP contribution in [0.1, 0.15) is 39.2 Å². The Labute approximate surface area is 249 Å². The van der Waals surface area contributed by atoms with Gasteiger partial charge in [0.25, 0.3) is 0 Å². The molecule has 0 unspecified atom stereocenters. The van der Waals surface area contributed by atoms with E-state index in [0.29, 0.717) is 60.2 Å². The van der Waals surface area contributed by atoms with E-state index < -0.39 is 5.60 Å². The number of hydrogen-bond donors (Lipinski definition) is 1. The maximum Gasteiger partial charge on any atom is 0.410 e. The topological polar surface area (TPSA) is 129 Å². The van der Waals surface area contributed by atoms with Crippen LogP contribution in [0.4, 0.5) is 16.3 Å². The number of nitrogens with one attached hydrogen (secondary N) is 1. The number of rotatable bonds is 6. The smallest absolute Gasteiger partial charge is 0.410 e. The summed E-state index contributed by atoms with van der Waals surface area (Å²) in [5.74, 6) is 2.37. The lowest BCUT2D eigenvalue weighted by molar-refractivity contribution is 0.0123. The van der Waals surface area contributed by atoms with Gasteiger partial charge in [-0.1, -0.05) is 0 Å². The van der Waals surface area contributed by atoms with Crippen molar-refractivity contribution in [2.75, 3.05) is 18.4 Å². The molecule has 0 atom stereocenters. The number of carbonyl (C=O) groups is 1. The van der Waals surface area contributed by atoms with Crippen LogP contribution in [0.25, 0.3) is 22.1 Å². The molecule has 1 aliphatic heterocycles. The highest BCUT2D eigenvalue weighted by Crippen LogP contribution is 2.31. The van der Waals surface area contributed by atoms with E-state index in [1.807, 2.05) is 77.3 Å². The van der Waals surface area contributed by atoms with Crippen LogP contribution in [0.2, 0.25) is 0 Å². The number of anilines is 2. The Hall–Kier alpha value is -5.00. The first kappa shape index (κ1) is 28.1. The average Bonchev–Trinajstić information content (AvgIpc) is 3.33. The fourth-order valence-corrected chi connectivity index (χ4v) is 4.89. The molecule has 5 aromatic rings. The van der Waals surface area contributed by atoms with E-state index in [4.69, 9.17) is 19.2 Å². The number of pyridine rings is 2. The van der Waals surface area contributed by atoms with Crippen molar-refractivity contribution in [2.24, 2.45) is 7.05 Å². The number of nitrogens with zero attached hydrogens (tertiary/aromatic N) is 7. The van der Waals surface area contributed by atoms with Crippen molar-refractivity contribution in [1.29, 1.82) is 0 Å². The summed E-state index contributed by atoms with van der Waals surface area (Å²) in [6.07, 6.45) is 6.09. The molecule has 0 aliphatic carbocycles. The number of amides is 1. The van der Waals surface area contributed by atoms with Crippen molar-refractivity contribution in [2.45, 2.75) is 52.2 Å². The zero-order valence-electron chi connectivity index (χ0n) is 24.9. The average molecular weight is 583 g/mol. The van der Waals surface area contributed by atoms with Crippen LogP contribution in [0.15, 0.2) is 55.1 Å². The summed E-state index contributed by atoms with van der Waals surface area (Å²) in [7, 11) is 1.86. The van der Waals surface area contributed by atoms with Gasteiger partial charge in [-0.2, -0.15) is 5.10 Å². The van der Waals surface area contributed by atoms with Crippen molar-refractivity contribution in [3.05, 3.63) is 60.7 Å². The molecule has 4 aromatic heterocycles. The number of benzene rings is 1. The highest BCUT2D eigenvalue weighted by molar-refractivity contribution is 5.87. The number of likely N-dealkylation sites (tertiary alicyclic amines) is 1. The first-order valence-corrected chi connectivity index (χ1v) is 14.2. The molecule has 0 spiro atoms. The highest BCUT2D eigenvalue weighted by atomic mass is 16.6. The van der Waals surface area contributed by atoms with Crippen molar-refractivity contribution in [3.8, 4) is 17.4 Å². The first-order chi connectivity index (χ1) is 20.6. The molecule has 1 aromatic carbocycles. The highest BCUT2D eigenvalue weighted by Gasteiger charge is 2.28. The largest absolute Gasteiger partial charge is 0.474 e. The summed E-state index contributed by atoms with van der Waals surface area (Å²) in [4.78, 5) is 32.1. The Morgan fingerprint density at radius 2 is 1.81 bits per heavy atom. The lowest BCUT2D eigenvalue weighted by Gasteiger charge is -2.33. The van der Waals surface area contributed by atoms with Gasteiger partial charge in [-0.15, -0.1) is 0 Å². The van der Waals surface area contributed by atoms with Crippen molar-refractivity contribution < 1.29 is 19.0 Å². The number of piperidine rings is 1. The van der Waals surface area contributed by atoms with Gasteiger partial charge in [-0.25, -0.2) is 24.7 Å². The van der Waals surface area contributed by atoms with Crippen LogP contribution < -0.4 is 14.8 Å². The van der Waals surface area contributed by atoms with Crippen LogP contribution in [0.3, 0.4) is 0 Å². The fraction of sp³-hybridized carbons (Fsp3) is 0.355. The second-order valence-electron chi connectivity index (χ2n) is 11.6. The number of ether oxygens (including phenoxy) is 3. The van der Waals surface area contributed by atoms with Gasteiger partial charge in [-0.05, 0) is 57.5 Å². The Balaban J connectivity index is 1.13. The number of fused-ring (bicyclic) bond motifs is 2. The molecule has 1 aliphatic rings. The molecule has 1 amide bonds. The summed E-state index contributed by atoms with van der Waals surface area (Å²) in [5.41, 5.74) is 4.11. The minimum Gasteiger partial charge on any atom is -0.474 e. The SMILES string of the molecule is Cc1cc(Nc2ncnc3ccc(OC4CCN(C(=O)OC(C)(C)C)CC4)nc23)ccc1Oc1cnc2cn(C)nc2c1. The molecule has 12 heteroatoms. The minimum atomic E-state index is -0.519. The van der Waals surface area contributed by atoms with Gasteiger partial charge in [0, 0.05) is 50.8 Å². The van der Waals surface area contributed by atoms with Gasteiger partial charge < -0.3 is 24.4 Å². The summed E-state index contributed by atoms with van der Waals surface area (Å²) in [6, 6.07) is 11.4. The van der Waals surface area contributed by atoms with E-state index in [-0.39, 0.29) is 12.2 Å². The predicted molar refractivity (Wildman–Crippen MR) is 162 cm³/mol. The van der Waals surface area contributed by atoms with E-state index in [1.54, 1.807) is 15.8 Å². The van der Waals surface area contributed by atoms with Crippen molar-refractivity contribution in [3.63, 3.8) is 0 Å². The van der Waals surface area contributed by atoms with E-state index >= 15 is 0 Å². The van der Waals surface area contributed by atoms with Crippen LogP contribution in [-0.2, 0) is 11.8 Å². The van der Waals surface area contributed by atoms with Gasteiger partial charge in [0.05, 0.1) is 17.9 Å². The van der Waals surface area contributed by atoms with Crippen LogP contribution >= 0.6 is 0 Å². The Morgan fingerprint density at radius 3 is 2.58 bits per heavy atom. The van der Waals surface area contributed by atoms with E-state index in [0.717, 1.165) is 22.3 Å². The van der Waals surface area contributed by atoms with E-state index in [9.17, 15) is 4.79 Å².